The molecule has 0 aliphatic carbocycles. The van der Waals surface area contributed by atoms with Gasteiger partial charge in [0.05, 0.1) is 79.4 Å². The van der Waals surface area contributed by atoms with Crippen LogP contribution in [0.25, 0.3) is 132 Å². The molecule has 125 heavy (non-hydrogen) atoms. The van der Waals surface area contributed by atoms with Gasteiger partial charge < -0.3 is 28.1 Å². The van der Waals surface area contributed by atoms with E-state index in [0.29, 0.717) is 39.7 Å². The van der Waals surface area contributed by atoms with E-state index in [9.17, 15) is 17.4 Å². The summed E-state index contributed by atoms with van der Waals surface area (Å²) < 4.78 is 58.5. The van der Waals surface area contributed by atoms with Crippen LogP contribution in [0.15, 0.2) is 297 Å². The van der Waals surface area contributed by atoms with Gasteiger partial charge >= 0.3 is 0 Å². The van der Waals surface area contributed by atoms with E-state index in [0.717, 1.165) is 160 Å². The summed E-state index contributed by atoms with van der Waals surface area (Å²) in [5.74, 6) is 0. The van der Waals surface area contributed by atoms with Gasteiger partial charge in [0.2, 0.25) is 0 Å². The van der Waals surface area contributed by atoms with Crippen LogP contribution in [0, 0.1) is 22.7 Å². The van der Waals surface area contributed by atoms with Gasteiger partial charge in [0, 0.05) is 77.1 Å². The Labute approximate surface area is 741 Å². The van der Waals surface area contributed by atoms with Crippen molar-refractivity contribution in [3.63, 3.8) is 0 Å². The van der Waals surface area contributed by atoms with Gasteiger partial charge in [0.25, 0.3) is 6.71 Å². The molecule has 0 saturated heterocycles. The molecule has 8 nitrogen and oxygen atoms in total. The first-order valence-corrected chi connectivity index (χ1v) is 43.9. The van der Waals surface area contributed by atoms with E-state index in [1.165, 1.54) is 11.1 Å². The van der Waals surface area contributed by atoms with E-state index in [4.69, 9.17) is 0 Å². The molecule has 0 saturated carbocycles. The Kier molecular flexibility index (Phi) is 16.2. The fourth-order valence-electron chi connectivity index (χ4n) is 20.1. The standard InChI is InChI=1S/C116H103BN8/c1-111(2,3)73-46-54-100-88(61-73)89-62-74(112(4,5)6)47-55-101(89)120(100)79-48-53-93-106(65-79)124(99-42-30-41-98(90(99)68-118)122-94-37-26-22-33-82(94)83-34-23-27-38-95(83)122)107-66-80(121-103-63-75(113(7,8)9)44-49-86(103)87-50-45-76(64-104(87)121)114(10,11)12)67-108-109(107)117(93)92-52-43-71(72-57-77(115(13,14)15)60-78(58-72)116(16,17)18)59-105(92)125(108)110-81(70-31-20-19-21-32-70)51-56-102(91(110)69-119)123-96-39-28-24-35-84(96)85-36-25-29-40-97(85)123/h19-67H,1-18H3/i19D,20D,21D,31D,32D. The van der Waals surface area contributed by atoms with E-state index in [-0.39, 0.29) is 49.2 Å². The molecule has 9 heteroatoms. The van der Waals surface area contributed by atoms with Crippen LogP contribution in [-0.2, 0) is 32.5 Å². The third kappa shape index (κ3) is 12.3. The van der Waals surface area contributed by atoms with Crippen molar-refractivity contribution in [2.24, 2.45) is 0 Å². The van der Waals surface area contributed by atoms with Crippen LogP contribution >= 0.6 is 0 Å². The molecule has 0 bridgehead atoms. The zero-order valence-corrected chi connectivity index (χ0v) is 74.6. The number of anilines is 6. The van der Waals surface area contributed by atoms with E-state index < -0.39 is 36.9 Å². The van der Waals surface area contributed by atoms with Gasteiger partial charge in [-0.15, -0.1) is 0 Å². The summed E-state index contributed by atoms with van der Waals surface area (Å²) in [7, 11) is 0. The Bertz CT molecular complexity index is 7920. The van der Waals surface area contributed by atoms with Gasteiger partial charge in [-0.05, 0) is 208 Å². The smallest absolute Gasteiger partial charge is 0.252 e. The number of fused-ring (bicyclic) bond motifs is 16. The molecule has 0 atom stereocenters. The fourth-order valence-corrected chi connectivity index (χ4v) is 20.1. The molecule has 0 amide bonds. The Balaban J connectivity index is 0.990. The molecule has 610 valence electrons. The van der Waals surface area contributed by atoms with Gasteiger partial charge in [-0.3, -0.25) is 0 Å². The molecule has 0 unspecified atom stereocenters. The first-order chi connectivity index (χ1) is 61.8. The molecule has 19 aromatic rings. The highest BCUT2D eigenvalue weighted by Crippen LogP contribution is 2.54. The van der Waals surface area contributed by atoms with Crippen molar-refractivity contribution >= 4 is 144 Å². The minimum Gasteiger partial charge on any atom is -0.310 e. The molecule has 2 aliphatic rings. The average Bonchev–Trinajstić information content (AvgIpc) is 0.919. The number of nitriles is 2. The molecule has 2 aliphatic heterocycles. The van der Waals surface area contributed by atoms with Gasteiger partial charge in [0.1, 0.15) is 23.3 Å². The predicted molar refractivity (Wildman–Crippen MR) is 530 cm³/mol. The number of hydrogen-bond donors (Lipinski definition) is 0. The lowest BCUT2D eigenvalue weighted by Gasteiger charge is -2.45. The molecule has 0 fully saturated rings. The number of benzene rings is 15. The second kappa shape index (κ2) is 27.8. The highest BCUT2D eigenvalue weighted by atomic mass is 15.2. The first-order valence-electron chi connectivity index (χ1n) is 46.4. The maximum Gasteiger partial charge on any atom is 0.252 e. The van der Waals surface area contributed by atoms with Crippen LogP contribution in [0.1, 0.15) is 176 Å². The third-order valence-electron chi connectivity index (χ3n) is 26.8. The van der Waals surface area contributed by atoms with Crippen LogP contribution in [0.2, 0.25) is 0 Å². The highest BCUT2D eigenvalue weighted by Gasteiger charge is 2.47. The number of rotatable bonds is 8. The minimum absolute atomic E-state index is 0.0648. The van der Waals surface area contributed by atoms with Crippen molar-refractivity contribution in [2.45, 2.75) is 157 Å². The molecule has 0 radical (unpaired) electrons. The Hall–Kier alpha value is -13.9. The number of hydrogen-bond acceptors (Lipinski definition) is 4. The normalized spacial score (nSPS) is 13.9. The van der Waals surface area contributed by atoms with Crippen LogP contribution in [0.5, 0.6) is 0 Å². The van der Waals surface area contributed by atoms with E-state index in [1.807, 2.05) is 36.4 Å². The lowest BCUT2D eigenvalue weighted by molar-refractivity contribution is 0.569. The lowest BCUT2D eigenvalue weighted by Crippen LogP contribution is -2.61. The Morgan fingerprint density at radius 3 is 1.14 bits per heavy atom. The van der Waals surface area contributed by atoms with Crippen LogP contribution in [0.4, 0.5) is 34.1 Å². The zero-order valence-electron chi connectivity index (χ0n) is 79.6. The summed E-state index contributed by atoms with van der Waals surface area (Å²) in [4.78, 5) is 4.61. The van der Waals surface area contributed by atoms with Crippen molar-refractivity contribution < 1.29 is 6.85 Å². The largest absolute Gasteiger partial charge is 0.310 e. The van der Waals surface area contributed by atoms with Crippen LogP contribution in [-0.4, -0.2) is 25.0 Å². The average molecular weight is 1620 g/mol. The second-order valence-corrected chi connectivity index (χ2v) is 40.9. The van der Waals surface area contributed by atoms with Gasteiger partial charge in [-0.25, -0.2) is 0 Å². The SMILES string of the molecule is [2H]c1c([2H])c([2H])c(-c2ccc(-n3c4ccccc4c4ccccc43)c(C#N)c2N2c3cc(-c4cc(C(C)(C)C)cc(C(C)(C)C)c4)ccc3B3c4ccc(-n5c6ccc(C(C)(C)C)cc6c6cc(C(C)(C)C)ccc65)cc4N(c4cccc(-n5c6ccccc6c6ccccc65)c4C#N)c4cc(-n5c6cc(C(C)(C)C)ccc6c6ccc(C(C)(C)C)cc65)cc2c43)c([2H])c1[2H]. The maximum absolute atomic E-state index is 13.3. The Morgan fingerprint density at radius 2 is 0.664 bits per heavy atom. The molecule has 0 spiro atoms. The van der Waals surface area contributed by atoms with Crippen molar-refractivity contribution in [1.29, 1.82) is 10.5 Å². The first kappa shape index (κ1) is 72.7. The van der Waals surface area contributed by atoms with E-state index >= 15 is 0 Å². The van der Waals surface area contributed by atoms with Crippen molar-refractivity contribution in [3.05, 3.63) is 342 Å². The molecule has 15 aromatic carbocycles. The monoisotopic (exact) mass is 1620 g/mol. The molecule has 6 heterocycles. The maximum atomic E-state index is 13.3. The van der Waals surface area contributed by atoms with Crippen LogP contribution in [0.3, 0.4) is 0 Å². The van der Waals surface area contributed by atoms with Gasteiger partial charge in [-0.1, -0.05) is 313 Å². The summed E-state index contributed by atoms with van der Waals surface area (Å²) in [5.41, 5.74) is 25.2. The van der Waals surface area contributed by atoms with Gasteiger partial charge in [0.15, 0.2) is 0 Å². The number of nitrogens with zero attached hydrogens (tertiary/aromatic N) is 8. The fraction of sp³-hybridized carbons (Fsp3) is 0.207. The van der Waals surface area contributed by atoms with Crippen molar-refractivity contribution in [1.82, 2.24) is 18.3 Å². The van der Waals surface area contributed by atoms with Gasteiger partial charge in [-0.2, -0.15) is 10.5 Å². The molecular formula is C116H103BN8. The minimum atomic E-state index is -0.632. The molecule has 0 N–H and O–H groups in total. The van der Waals surface area contributed by atoms with Crippen molar-refractivity contribution in [3.8, 4) is 57.1 Å². The number of para-hydroxylation sites is 4. The molecular weight excluding hydrogens is 1520 g/mol. The summed E-state index contributed by atoms with van der Waals surface area (Å²) in [5, 5.41) is 34.7. The summed E-state index contributed by atoms with van der Waals surface area (Å²) in [6.45, 7) is 40.2. The second-order valence-electron chi connectivity index (χ2n) is 40.9. The Morgan fingerprint density at radius 1 is 0.264 bits per heavy atom. The summed E-state index contributed by atoms with van der Waals surface area (Å²) in [6, 6.07) is 100. The van der Waals surface area contributed by atoms with Crippen molar-refractivity contribution in [2.75, 3.05) is 9.80 Å². The zero-order chi connectivity index (χ0) is 91.1. The third-order valence-corrected chi connectivity index (χ3v) is 26.8. The number of aromatic nitrogens is 4. The summed E-state index contributed by atoms with van der Waals surface area (Å²) >= 11 is 0. The highest BCUT2D eigenvalue weighted by molar-refractivity contribution is 7.00. The summed E-state index contributed by atoms with van der Waals surface area (Å²) in [6.07, 6.45) is 0. The topological polar surface area (TPSA) is 73.8 Å². The van der Waals surface area contributed by atoms with E-state index in [1.54, 1.807) is 0 Å². The van der Waals surface area contributed by atoms with E-state index in [2.05, 4.69) is 395 Å². The van der Waals surface area contributed by atoms with Crippen LogP contribution < -0.4 is 26.2 Å². The quantitative estimate of drug-likeness (QED) is 0.142. The lowest BCUT2D eigenvalue weighted by atomic mass is 9.33. The molecule has 4 aromatic heterocycles. The molecule has 21 rings (SSSR count). The predicted octanol–water partition coefficient (Wildman–Crippen LogP) is 29.0.